The van der Waals surface area contributed by atoms with Gasteiger partial charge in [0.05, 0.1) is 17.3 Å². The second kappa shape index (κ2) is 8.60. The fourth-order valence-electron chi connectivity index (χ4n) is 5.17. The molecule has 0 saturated carbocycles. The summed E-state index contributed by atoms with van der Waals surface area (Å²) in [4.78, 5) is 0. The van der Waals surface area contributed by atoms with Crippen molar-refractivity contribution in [3.05, 3.63) is 95.6 Å². The molecule has 0 saturated heterocycles. The lowest BCUT2D eigenvalue weighted by molar-refractivity contribution is -0.633. The minimum absolute atomic E-state index is 0.339. The Bertz CT molecular complexity index is 2200. The molecule has 6 aromatic rings. The lowest BCUT2D eigenvalue weighted by Crippen LogP contribution is -2.30. The Hall–Kier alpha value is -3.43. The number of nitrogens with zero attached hydrogens (tertiary/aromatic N) is 2. The predicted octanol–water partition coefficient (Wildman–Crippen LogP) is 9.05. The Kier molecular flexibility index (Phi) is 2.92. The van der Waals surface area contributed by atoms with E-state index in [-0.39, 0.29) is 0 Å². The monoisotopic (exact) mass is 503 g/mol. The van der Waals surface area contributed by atoms with Gasteiger partial charge in [0.25, 0.3) is 5.82 Å². The second-order valence-corrected chi connectivity index (χ2v) is 9.94. The highest BCUT2D eigenvalue weighted by Crippen LogP contribution is 2.43. The maximum absolute atomic E-state index is 9.32. The summed E-state index contributed by atoms with van der Waals surface area (Å²) in [6.07, 6.45) is 0. The highest BCUT2D eigenvalue weighted by atomic mass is 32.1. The number of hydrogen-bond donors (Lipinski definition) is 0. The molecule has 0 spiro atoms. The average Bonchev–Trinajstić information content (AvgIpc) is 3.52. The third-order valence-electron chi connectivity index (χ3n) is 6.79. The Labute approximate surface area is 237 Å². The molecule has 2 nitrogen and oxygen atoms in total. The summed E-state index contributed by atoms with van der Waals surface area (Å²) < 4.78 is 125. The van der Waals surface area contributed by atoms with Gasteiger partial charge in [0.1, 0.15) is 5.69 Å². The number of rotatable bonds is 4. The molecule has 0 aliphatic carbocycles. The quantitative estimate of drug-likeness (QED) is 0.212. The van der Waals surface area contributed by atoms with E-state index < -0.39 is 56.0 Å². The summed E-state index contributed by atoms with van der Waals surface area (Å²) in [6, 6.07) is 21.9. The number of imidazole rings is 1. The van der Waals surface area contributed by atoms with Crippen molar-refractivity contribution in [3.8, 4) is 17.1 Å². The van der Waals surface area contributed by atoms with Crippen molar-refractivity contribution < 1.29 is 23.8 Å². The number of aryl methyl sites for hydroxylation is 2. The smallest absolute Gasteiger partial charge is 0.225 e. The lowest BCUT2D eigenvalue weighted by atomic mass is 9.92. The van der Waals surface area contributed by atoms with Gasteiger partial charge in [0.2, 0.25) is 0 Å². The Morgan fingerprint density at radius 1 is 0.806 bits per heavy atom. The van der Waals surface area contributed by atoms with E-state index in [0.29, 0.717) is 22.4 Å². The topological polar surface area (TPSA) is 8.81 Å². The molecule has 0 bridgehead atoms. The van der Waals surface area contributed by atoms with Crippen molar-refractivity contribution in [1.29, 1.82) is 0 Å². The summed E-state index contributed by atoms with van der Waals surface area (Å²) in [5.74, 6) is -6.45. The van der Waals surface area contributed by atoms with Crippen LogP contribution < -0.4 is 4.57 Å². The van der Waals surface area contributed by atoms with Crippen LogP contribution in [0.5, 0.6) is 0 Å². The maximum Gasteiger partial charge on any atom is 0.296 e. The molecule has 0 fully saturated rings. The molecule has 36 heavy (non-hydrogen) atoms. The van der Waals surface area contributed by atoms with Crippen LogP contribution in [0, 0.1) is 6.92 Å². The molecule has 0 unspecified atom stereocenters. The molecule has 0 atom stereocenters. The number of aromatic nitrogens is 2. The molecule has 4 aromatic carbocycles. The number of thiophene rings is 1. The van der Waals surface area contributed by atoms with Crippen LogP contribution in [0.3, 0.4) is 0 Å². The first-order valence-electron chi connectivity index (χ1n) is 18.5. The normalized spacial score (nSPS) is 19.8. The van der Waals surface area contributed by atoms with Crippen LogP contribution >= 0.6 is 11.3 Å². The van der Waals surface area contributed by atoms with Gasteiger partial charge < -0.3 is 0 Å². The van der Waals surface area contributed by atoms with Gasteiger partial charge in [-0.05, 0) is 42.5 Å². The van der Waals surface area contributed by atoms with Crippen LogP contribution in [0.2, 0.25) is 0 Å². The van der Waals surface area contributed by atoms with E-state index in [1.54, 1.807) is 35.9 Å². The minimum Gasteiger partial charge on any atom is -0.225 e. The predicted molar refractivity (Wildman–Crippen MR) is 156 cm³/mol. The molecule has 6 rings (SSSR count). The van der Waals surface area contributed by atoms with Crippen LogP contribution in [0.4, 0.5) is 0 Å². The standard InChI is InChI=1S/C33H33N2S/c1-20(2)23-13-11-14-24(21(3)4)31(23)35-28-16-9-8-15-27(28)34(6)33(35)30-22(5)18-19-26-25-12-7-10-17-29(25)36-32(26)30/h7-21H,1-6H3/q+1/i1D3,2D3,3D3,4D3,20D,21D. The van der Waals surface area contributed by atoms with Crippen molar-refractivity contribution in [3.63, 3.8) is 0 Å². The molecule has 3 heteroatoms. The lowest BCUT2D eigenvalue weighted by Gasteiger charge is -2.18. The Morgan fingerprint density at radius 2 is 1.50 bits per heavy atom. The van der Waals surface area contributed by atoms with Gasteiger partial charge in [-0.2, -0.15) is 4.57 Å². The first-order chi connectivity index (χ1) is 23.0. The number of para-hydroxylation sites is 3. The molecule has 0 N–H and O–H groups in total. The zero-order valence-corrected chi connectivity index (χ0v) is 20.6. The van der Waals surface area contributed by atoms with Crippen LogP contribution in [0.25, 0.3) is 48.3 Å². The van der Waals surface area contributed by atoms with Gasteiger partial charge in [-0.3, -0.25) is 0 Å². The first kappa shape index (κ1) is 12.2. The zero-order valence-electron chi connectivity index (χ0n) is 33.8. The summed E-state index contributed by atoms with van der Waals surface area (Å²) >= 11 is 1.50. The minimum atomic E-state index is -3.52. The summed E-state index contributed by atoms with van der Waals surface area (Å²) in [5, 5.41) is 1.88. The molecule has 2 aromatic heterocycles. The average molecular weight is 504 g/mol. The molecule has 0 aliphatic rings. The van der Waals surface area contributed by atoms with Gasteiger partial charge in [-0.25, -0.2) is 4.57 Å². The SMILES string of the molecule is [2H]C([2H])([2H])C([2H])(c1cccc(C([2H])(C([2H])([2H])[2H])C([2H])([2H])[2H])c1-n1c(-c2c(C)ccc3c2sc2ccccc23)[n+](C)c2ccccc21)C([2H])([2H])[2H]. The molecule has 180 valence electrons. The van der Waals surface area contributed by atoms with Gasteiger partial charge in [0, 0.05) is 45.8 Å². The van der Waals surface area contributed by atoms with Crippen molar-refractivity contribution in [2.75, 3.05) is 0 Å². The van der Waals surface area contributed by atoms with Crippen LogP contribution in [0.1, 0.15) is 75.1 Å². The summed E-state index contributed by atoms with van der Waals surface area (Å²) in [6.45, 7) is -12.2. The van der Waals surface area contributed by atoms with Gasteiger partial charge in [0.15, 0.2) is 11.0 Å². The summed E-state index contributed by atoms with van der Waals surface area (Å²) in [7, 11) is 1.74. The van der Waals surface area contributed by atoms with Crippen molar-refractivity contribution >= 4 is 42.5 Å². The highest BCUT2D eigenvalue weighted by molar-refractivity contribution is 7.26. The molecule has 2 heterocycles. The number of fused-ring (bicyclic) bond motifs is 4. The van der Waals surface area contributed by atoms with Gasteiger partial charge >= 0.3 is 0 Å². The highest BCUT2D eigenvalue weighted by Gasteiger charge is 2.32. The van der Waals surface area contributed by atoms with Crippen molar-refractivity contribution in [2.45, 2.75) is 46.1 Å². The zero-order chi connectivity index (χ0) is 37.0. The maximum atomic E-state index is 9.32. The van der Waals surface area contributed by atoms with Crippen LogP contribution in [-0.2, 0) is 7.05 Å². The van der Waals surface area contributed by atoms with Crippen LogP contribution in [0.15, 0.2) is 78.9 Å². The third-order valence-corrected chi connectivity index (χ3v) is 7.99. The fourth-order valence-corrected chi connectivity index (χ4v) is 6.47. The first-order valence-corrected chi connectivity index (χ1v) is 12.3. The van der Waals surface area contributed by atoms with Crippen LogP contribution in [-0.4, -0.2) is 4.57 Å². The second-order valence-electron chi connectivity index (χ2n) is 8.89. The van der Waals surface area contributed by atoms with E-state index in [9.17, 15) is 2.74 Å². The third kappa shape index (κ3) is 3.33. The fraction of sp³-hybridized carbons (Fsp3) is 0.242. The van der Waals surface area contributed by atoms with E-state index in [1.807, 2.05) is 43.3 Å². The molecule has 0 radical (unpaired) electrons. The molecule has 0 amide bonds. The van der Waals surface area contributed by atoms with E-state index >= 15 is 0 Å². The van der Waals surface area contributed by atoms with E-state index in [0.717, 1.165) is 43.9 Å². The number of benzene rings is 4. The summed E-state index contributed by atoms with van der Waals surface area (Å²) in [5.41, 5.74) is 0.495. The number of hydrogen-bond acceptors (Lipinski definition) is 1. The van der Waals surface area contributed by atoms with Crippen molar-refractivity contribution in [2.24, 2.45) is 7.05 Å². The van der Waals surface area contributed by atoms with E-state index in [1.165, 1.54) is 15.9 Å². The molecular formula is C33H33N2S+. The molecule has 0 aliphatic heterocycles. The largest absolute Gasteiger partial charge is 0.296 e. The van der Waals surface area contributed by atoms with Gasteiger partial charge in [-0.1, -0.05) is 88.1 Å². The Morgan fingerprint density at radius 3 is 2.25 bits per heavy atom. The van der Waals surface area contributed by atoms with Gasteiger partial charge in [-0.15, -0.1) is 11.3 Å². The van der Waals surface area contributed by atoms with E-state index in [4.69, 9.17) is 16.4 Å². The Balaban J connectivity index is 1.94. The van der Waals surface area contributed by atoms with Crippen molar-refractivity contribution in [1.82, 2.24) is 4.57 Å². The van der Waals surface area contributed by atoms with E-state index in [2.05, 4.69) is 0 Å². The molecular weight excluding hydrogens is 456 g/mol.